The van der Waals surface area contributed by atoms with Crippen LogP contribution in [0.3, 0.4) is 0 Å². The SMILES string of the molecule is C=C(/C=C(\C=C(/C)c1ccccc1)c1ccccc1)c1cc(-c2cc(-c3ccccc3)cc(-c3ccccc3)c2)cc(-n2c3c(c4ccccc42)CCCC3)c1. The first-order valence-electron chi connectivity index (χ1n) is 19.8. The Bertz CT molecular complexity index is 2670. The predicted molar refractivity (Wildman–Crippen MR) is 240 cm³/mol. The van der Waals surface area contributed by atoms with Crippen molar-refractivity contribution in [1.29, 1.82) is 0 Å². The second-order valence-corrected chi connectivity index (χ2v) is 15.0. The van der Waals surface area contributed by atoms with E-state index in [0.717, 1.165) is 35.1 Å². The van der Waals surface area contributed by atoms with Crippen LogP contribution in [0.1, 0.15) is 47.7 Å². The van der Waals surface area contributed by atoms with Gasteiger partial charge in [-0.05, 0) is 154 Å². The highest BCUT2D eigenvalue weighted by Crippen LogP contribution is 2.39. The lowest BCUT2D eigenvalue weighted by atomic mass is 9.91. The fourth-order valence-corrected chi connectivity index (χ4v) is 8.40. The van der Waals surface area contributed by atoms with Crippen LogP contribution in [-0.2, 0) is 12.8 Å². The molecule has 270 valence electrons. The monoisotopic (exact) mass is 719 g/mol. The summed E-state index contributed by atoms with van der Waals surface area (Å²) in [4.78, 5) is 0. The Hall–Kier alpha value is -6.70. The highest BCUT2D eigenvalue weighted by molar-refractivity contribution is 5.93. The molecule has 0 unspecified atom stereocenters. The number of benzene rings is 7. The second-order valence-electron chi connectivity index (χ2n) is 15.0. The summed E-state index contributed by atoms with van der Waals surface area (Å²) in [6, 6.07) is 65.9. The van der Waals surface area contributed by atoms with Crippen LogP contribution >= 0.6 is 0 Å². The maximum atomic E-state index is 4.79. The lowest BCUT2D eigenvalue weighted by Crippen LogP contribution is -2.07. The average molecular weight is 720 g/mol. The zero-order chi connectivity index (χ0) is 37.8. The quantitative estimate of drug-likeness (QED) is 0.131. The van der Waals surface area contributed by atoms with Gasteiger partial charge in [-0.3, -0.25) is 0 Å². The lowest BCUT2D eigenvalue weighted by molar-refractivity contribution is 0.667. The molecule has 56 heavy (non-hydrogen) atoms. The predicted octanol–water partition coefficient (Wildman–Crippen LogP) is 14.7. The van der Waals surface area contributed by atoms with E-state index in [2.05, 4.69) is 206 Å². The molecule has 0 atom stereocenters. The van der Waals surface area contributed by atoms with Crippen molar-refractivity contribution in [1.82, 2.24) is 4.57 Å². The third-order valence-corrected chi connectivity index (χ3v) is 11.2. The first-order valence-corrected chi connectivity index (χ1v) is 19.8. The fraction of sp³-hybridized carbons (Fsp3) is 0.0909. The number of aromatic nitrogens is 1. The zero-order valence-corrected chi connectivity index (χ0v) is 32.0. The molecule has 1 aliphatic carbocycles. The Morgan fingerprint density at radius 1 is 0.482 bits per heavy atom. The first-order chi connectivity index (χ1) is 27.6. The molecular weight excluding hydrogens is 675 g/mol. The lowest BCUT2D eigenvalue weighted by Gasteiger charge is -2.19. The van der Waals surface area contributed by atoms with E-state index in [1.807, 2.05) is 0 Å². The van der Waals surface area contributed by atoms with Gasteiger partial charge in [0, 0.05) is 16.8 Å². The van der Waals surface area contributed by atoms with Gasteiger partial charge in [-0.25, -0.2) is 0 Å². The normalized spacial score (nSPS) is 13.1. The number of rotatable bonds is 9. The van der Waals surface area contributed by atoms with Crippen molar-refractivity contribution < 1.29 is 0 Å². The fourth-order valence-electron chi connectivity index (χ4n) is 8.40. The number of nitrogens with zero attached hydrogens (tertiary/aromatic N) is 1. The molecule has 0 fully saturated rings. The average Bonchev–Trinajstić information content (AvgIpc) is 3.61. The van der Waals surface area contributed by atoms with Crippen LogP contribution in [0, 0.1) is 0 Å². The molecule has 0 aliphatic heterocycles. The summed E-state index contributed by atoms with van der Waals surface area (Å²) in [6.07, 6.45) is 9.21. The Balaban J connectivity index is 1.27. The maximum Gasteiger partial charge on any atom is 0.0534 e. The number of hydrogen-bond donors (Lipinski definition) is 0. The minimum Gasteiger partial charge on any atom is -0.313 e. The molecule has 8 aromatic rings. The molecular formula is C55H45N. The molecule has 1 nitrogen and oxygen atoms in total. The highest BCUT2D eigenvalue weighted by atomic mass is 15.0. The third-order valence-electron chi connectivity index (χ3n) is 11.2. The van der Waals surface area contributed by atoms with E-state index in [4.69, 9.17) is 6.58 Å². The molecule has 1 aliphatic rings. The highest BCUT2D eigenvalue weighted by Gasteiger charge is 2.22. The van der Waals surface area contributed by atoms with E-state index in [-0.39, 0.29) is 0 Å². The van der Waals surface area contributed by atoms with Gasteiger partial charge in [0.05, 0.1) is 5.52 Å². The number of aryl methyl sites for hydroxylation is 1. The van der Waals surface area contributed by atoms with Crippen LogP contribution in [0.2, 0.25) is 0 Å². The molecule has 0 saturated heterocycles. The van der Waals surface area contributed by atoms with Crippen molar-refractivity contribution in [2.75, 3.05) is 0 Å². The van der Waals surface area contributed by atoms with Gasteiger partial charge in [-0.2, -0.15) is 0 Å². The minimum absolute atomic E-state index is 0.969. The Morgan fingerprint density at radius 2 is 1.00 bits per heavy atom. The van der Waals surface area contributed by atoms with E-state index in [1.165, 1.54) is 85.2 Å². The van der Waals surface area contributed by atoms with Gasteiger partial charge in [0.25, 0.3) is 0 Å². The molecule has 0 N–H and O–H groups in total. The van der Waals surface area contributed by atoms with Gasteiger partial charge in [0.1, 0.15) is 0 Å². The van der Waals surface area contributed by atoms with E-state index < -0.39 is 0 Å². The minimum atomic E-state index is 0.969. The number of para-hydroxylation sites is 1. The van der Waals surface area contributed by atoms with Crippen molar-refractivity contribution in [3.63, 3.8) is 0 Å². The Morgan fingerprint density at radius 3 is 1.64 bits per heavy atom. The summed E-state index contributed by atoms with van der Waals surface area (Å²) in [6.45, 7) is 6.99. The summed E-state index contributed by atoms with van der Waals surface area (Å²) in [5.41, 5.74) is 19.3. The van der Waals surface area contributed by atoms with Crippen molar-refractivity contribution in [3.05, 3.63) is 229 Å². The smallest absolute Gasteiger partial charge is 0.0534 e. The summed E-state index contributed by atoms with van der Waals surface area (Å²) in [5.74, 6) is 0. The molecule has 1 aromatic heterocycles. The number of allylic oxidation sites excluding steroid dienone is 5. The molecule has 1 heterocycles. The summed E-state index contributed by atoms with van der Waals surface area (Å²) in [7, 11) is 0. The summed E-state index contributed by atoms with van der Waals surface area (Å²) >= 11 is 0. The van der Waals surface area contributed by atoms with Gasteiger partial charge >= 0.3 is 0 Å². The second kappa shape index (κ2) is 15.6. The van der Waals surface area contributed by atoms with E-state index in [9.17, 15) is 0 Å². The molecule has 7 aromatic carbocycles. The third kappa shape index (κ3) is 7.12. The van der Waals surface area contributed by atoms with Gasteiger partial charge < -0.3 is 4.57 Å². The van der Waals surface area contributed by atoms with Crippen molar-refractivity contribution in [2.45, 2.75) is 32.6 Å². The van der Waals surface area contributed by atoms with Crippen molar-refractivity contribution in [3.8, 4) is 39.1 Å². The topological polar surface area (TPSA) is 4.93 Å². The summed E-state index contributed by atoms with van der Waals surface area (Å²) in [5, 5.41) is 1.37. The largest absolute Gasteiger partial charge is 0.313 e. The van der Waals surface area contributed by atoms with E-state index in [0.29, 0.717) is 0 Å². The molecule has 1 heteroatoms. The molecule has 0 bridgehead atoms. The Labute approximate surface area is 331 Å². The van der Waals surface area contributed by atoms with Gasteiger partial charge in [-0.1, -0.05) is 152 Å². The van der Waals surface area contributed by atoms with Crippen molar-refractivity contribution in [2.24, 2.45) is 0 Å². The number of fused-ring (bicyclic) bond motifs is 3. The van der Waals surface area contributed by atoms with Crippen LogP contribution in [0.5, 0.6) is 0 Å². The van der Waals surface area contributed by atoms with Crippen molar-refractivity contribution >= 4 is 27.6 Å². The van der Waals surface area contributed by atoms with Crippen LogP contribution in [0.15, 0.2) is 201 Å². The summed E-state index contributed by atoms with van der Waals surface area (Å²) < 4.78 is 2.55. The zero-order valence-electron chi connectivity index (χ0n) is 32.0. The van der Waals surface area contributed by atoms with Crippen LogP contribution < -0.4 is 0 Å². The molecule has 0 spiro atoms. The van der Waals surface area contributed by atoms with Gasteiger partial charge in [-0.15, -0.1) is 0 Å². The van der Waals surface area contributed by atoms with E-state index in [1.54, 1.807) is 0 Å². The standard InChI is InChI=1S/C55H45N/c1-39(41-19-7-3-8-20-41)31-46(42-21-9-4-10-22-42)32-40(2)45-33-50(38-51(37-45)56-54-29-17-15-27-52(54)53-28-16-18-30-55(53)56)49-35-47(43-23-11-5-12-24-43)34-48(36-49)44-25-13-6-14-26-44/h3-15,17,19-27,29,31-38H,2,16,18,28,30H2,1H3/b39-31+,46-32+. The maximum absolute atomic E-state index is 4.79. The first kappa shape index (κ1) is 35.0. The number of hydrogen-bond acceptors (Lipinski definition) is 0. The van der Waals surface area contributed by atoms with Gasteiger partial charge in [0.15, 0.2) is 0 Å². The van der Waals surface area contributed by atoms with E-state index >= 15 is 0 Å². The van der Waals surface area contributed by atoms with Crippen LogP contribution in [-0.4, -0.2) is 4.57 Å². The molecule has 0 amide bonds. The Kier molecular flexibility index (Phi) is 9.74. The van der Waals surface area contributed by atoms with Gasteiger partial charge in [0.2, 0.25) is 0 Å². The molecule has 9 rings (SSSR count). The molecule has 0 radical (unpaired) electrons. The molecule has 0 saturated carbocycles. The van der Waals surface area contributed by atoms with Crippen LogP contribution in [0.4, 0.5) is 0 Å². The van der Waals surface area contributed by atoms with Crippen LogP contribution in [0.25, 0.3) is 66.7 Å².